The van der Waals surface area contributed by atoms with Crippen molar-refractivity contribution in [3.05, 3.63) is 51.1 Å². The first kappa shape index (κ1) is 15.7. The van der Waals surface area contributed by atoms with Gasteiger partial charge in [0.15, 0.2) is 0 Å². The van der Waals surface area contributed by atoms with E-state index >= 15 is 0 Å². The maximum absolute atomic E-state index is 12.0. The third-order valence-electron chi connectivity index (χ3n) is 4.18. The molecular weight excluding hydrogens is 298 g/mol. The average Bonchev–Trinajstić information content (AvgIpc) is 3.04. The molecule has 1 unspecified atom stereocenters. The van der Waals surface area contributed by atoms with E-state index in [0.29, 0.717) is 19.7 Å². The van der Waals surface area contributed by atoms with Crippen LogP contribution in [0.15, 0.2) is 34.1 Å². The van der Waals surface area contributed by atoms with Gasteiger partial charge in [-0.15, -0.1) is 0 Å². The highest BCUT2D eigenvalue weighted by Gasteiger charge is 2.22. The molecule has 0 amide bonds. The molecule has 1 saturated heterocycles. The fraction of sp³-hybridized carbons (Fsp3) is 0.533. The molecule has 1 aliphatic rings. The Hall–Kier alpha value is -2.19. The van der Waals surface area contributed by atoms with Gasteiger partial charge in [-0.05, 0) is 6.07 Å². The van der Waals surface area contributed by atoms with Crippen LogP contribution in [0.1, 0.15) is 5.69 Å². The third-order valence-corrected chi connectivity index (χ3v) is 4.18. The zero-order valence-electron chi connectivity index (χ0n) is 13.4. The summed E-state index contributed by atoms with van der Waals surface area (Å²) in [4.78, 5) is 26.0. The van der Waals surface area contributed by atoms with Gasteiger partial charge >= 0.3 is 5.69 Å². The zero-order chi connectivity index (χ0) is 16.4. The Bertz CT molecular complexity index is 777. The van der Waals surface area contributed by atoms with Gasteiger partial charge in [0, 0.05) is 57.9 Å². The summed E-state index contributed by atoms with van der Waals surface area (Å²) in [6.07, 6.45) is 3.70. The van der Waals surface area contributed by atoms with E-state index in [9.17, 15) is 9.59 Å². The molecule has 1 fully saturated rings. The van der Waals surface area contributed by atoms with Crippen molar-refractivity contribution in [2.24, 2.45) is 14.1 Å². The molecule has 0 saturated carbocycles. The van der Waals surface area contributed by atoms with Crippen molar-refractivity contribution in [2.75, 3.05) is 19.7 Å². The largest absolute Gasteiger partial charge is 0.374 e. The van der Waals surface area contributed by atoms with Gasteiger partial charge in [0.05, 0.1) is 19.3 Å². The highest BCUT2D eigenvalue weighted by atomic mass is 16.5. The lowest BCUT2D eigenvalue weighted by Crippen LogP contribution is -2.45. The Kier molecular flexibility index (Phi) is 4.44. The van der Waals surface area contributed by atoms with Crippen LogP contribution in [0.4, 0.5) is 0 Å². The second-order valence-electron chi connectivity index (χ2n) is 5.83. The Balaban J connectivity index is 1.71. The van der Waals surface area contributed by atoms with E-state index in [2.05, 4.69) is 10.00 Å². The van der Waals surface area contributed by atoms with Crippen molar-refractivity contribution in [2.45, 2.75) is 19.2 Å². The summed E-state index contributed by atoms with van der Waals surface area (Å²) in [5, 5.41) is 4.20. The summed E-state index contributed by atoms with van der Waals surface area (Å²) in [5.74, 6) is 0. The predicted molar refractivity (Wildman–Crippen MR) is 84.2 cm³/mol. The SMILES string of the molecule is Cn1c(CN2CCOC(Cn3cccn3)C2)cc(=O)n(C)c1=O. The number of hydrogen-bond acceptors (Lipinski definition) is 5. The Morgan fingerprint density at radius 2 is 2.13 bits per heavy atom. The van der Waals surface area contributed by atoms with Gasteiger partial charge < -0.3 is 4.74 Å². The monoisotopic (exact) mass is 319 g/mol. The van der Waals surface area contributed by atoms with Crippen LogP contribution < -0.4 is 11.2 Å². The summed E-state index contributed by atoms with van der Waals surface area (Å²) < 4.78 is 10.3. The first-order valence-corrected chi connectivity index (χ1v) is 7.62. The summed E-state index contributed by atoms with van der Waals surface area (Å²) in [5.41, 5.74) is 0.149. The molecule has 124 valence electrons. The number of nitrogens with zero attached hydrogens (tertiary/aromatic N) is 5. The minimum atomic E-state index is -0.297. The number of ether oxygens (including phenoxy) is 1. The number of aromatic nitrogens is 4. The van der Waals surface area contributed by atoms with Crippen molar-refractivity contribution in [1.82, 2.24) is 23.8 Å². The van der Waals surface area contributed by atoms with E-state index in [-0.39, 0.29) is 17.4 Å². The molecule has 0 radical (unpaired) electrons. The van der Waals surface area contributed by atoms with Gasteiger partial charge in [-0.2, -0.15) is 5.10 Å². The van der Waals surface area contributed by atoms with Gasteiger partial charge in [0.2, 0.25) is 0 Å². The van der Waals surface area contributed by atoms with Crippen molar-refractivity contribution in [3.63, 3.8) is 0 Å². The molecule has 2 aromatic heterocycles. The standard InChI is InChI=1S/C15H21N5O3/c1-17-12(8-14(21)18(2)15(17)22)9-19-6-7-23-13(10-19)11-20-5-3-4-16-20/h3-5,8,13H,6-7,9-11H2,1-2H3. The number of rotatable bonds is 4. The van der Waals surface area contributed by atoms with E-state index in [1.54, 1.807) is 13.2 Å². The maximum Gasteiger partial charge on any atom is 0.330 e. The van der Waals surface area contributed by atoms with E-state index in [4.69, 9.17) is 4.74 Å². The molecule has 0 aliphatic carbocycles. The van der Waals surface area contributed by atoms with E-state index < -0.39 is 0 Å². The van der Waals surface area contributed by atoms with Crippen LogP contribution in [0.3, 0.4) is 0 Å². The third kappa shape index (κ3) is 3.43. The normalized spacial score (nSPS) is 19.1. The molecule has 8 heteroatoms. The van der Waals surface area contributed by atoms with Gasteiger partial charge in [0.1, 0.15) is 0 Å². The maximum atomic E-state index is 12.0. The van der Waals surface area contributed by atoms with Gasteiger partial charge in [0.25, 0.3) is 5.56 Å². The molecule has 0 N–H and O–H groups in total. The van der Waals surface area contributed by atoms with Crippen LogP contribution in [-0.4, -0.2) is 49.6 Å². The predicted octanol–water partition coefficient (Wildman–Crippen LogP) is -0.818. The van der Waals surface area contributed by atoms with Crippen LogP contribution >= 0.6 is 0 Å². The second kappa shape index (κ2) is 6.51. The molecule has 1 atom stereocenters. The van der Waals surface area contributed by atoms with Crippen LogP contribution in [0, 0.1) is 0 Å². The molecule has 0 aromatic carbocycles. The molecule has 3 rings (SSSR count). The zero-order valence-corrected chi connectivity index (χ0v) is 13.4. The molecule has 3 heterocycles. The summed E-state index contributed by atoms with van der Waals surface area (Å²) in [6, 6.07) is 3.41. The van der Waals surface area contributed by atoms with Crippen molar-refractivity contribution >= 4 is 0 Å². The quantitative estimate of drug-likeness (QED) is 0.736. The molecule has 23 heavy (non-hydrogen) atoms. The molecule has 0 spiro atoms. The summed E-state index contributed by atoms with van der Waals surface area (Å²) in [6.45, 7) is 3.40. The Morgan fingerprint density at radius 1 is 1.30 bits per heavy atom. The lowest BCUT2D eigenvalue weighted by molar-refractivity contribution is -0.0408. The minimum Gasteiger partial charge on any atom is -0.374 e. The number of morpholine rings is 1. The van der Waals surface area contributed by atoms with E-state index in [0.717, 1.165) is 23.4 Å². The average molecular weight is 319 g/mol. The molecule has 0 bridgehead atoms. The molecule has 1 aliphatic heterocycles. The van der Waals surface area contributed by atoms with Crippen molar-refractivity contribution in [1.29, 1.82) is 0 Å². The van der Waals surface area contributed by atoms with Crippen LogP contribution in [0.2, 0.25) is 0 Å². The molecule has 8 nitrogen and oxygen atoms in total. The summed E-state index contributed by atoms with van der Waals surface area (Å²) >= 11 is 0. The second-order valence-corrected chi connectivity index (χ2v) is 5.83. The smallest absolute Gasteiger partial charge is 0.330 e. The highest BCUT2D eigenvalue weighted by molar-refractivity contribution is 5.02. The topological polar surface area (TPSA) is 74.3 Å². The number of hydrogen-bond donors (Lipinski definition) is 0. The Morgan fingerprint density at radius 3 is 2.87 bits per heavy atom. The molecular formula is C15H21N5O3. The fourth-order valence-corrected chi connectivity index (χ4v) is 2.81. The van der Waals surface area contributed by atoms with Gasteiger partial charge in [-0.25, -0.2) is 4.79 Å². The first-order chi connectivity index (χ1) is 11.0. The van der Waals surface area contributed by atoms with E-state index in [1.165, 1.54) is 17.7 Å². The van der Waals surface area contributed by atoms with Crippen LogP contribution in [0.5, 0.6) is 0 Å². The fourth-order valence-electron chi connectivity index (χ4n) is 2.81. The first-order valence-electron chi connectivity index (χ1n) is 7.62. The van der Waals surface area contributed by atoms with Crippen molar-refractivity contribution in [3.8, 4) is 0 Å². The van der Waals surface area contributed by atoms with Crippen LogP contribution in [-0.2, 0) is 31.9 Å². The lowest BCUT2D eigenvalue weighted by Gasteiger charge is -2.33. The highest BCUT2D eigenvalue weighted by Crippen LogP contribution is 2.10. The Labute approximate surface area is 133 Å². The van der Waals surface area contributed by atoms with Gasteiger partial charge in [-0.1, -0.05) is 0 Å². The molecule has 2 aromatic rings. The van der Waals surface area contributed by atoms with E-state index in [1.807, 2.05) is 16.9 Å². The minimum absolute atomic E-state index is 0.0484. The lowest BCUT2D eigenvalue weighted by atomic mass is 10.2. The van der Waals surface area contributed by atoms with Crippen LogP contribution in [0.25, 0.3) is 0 Å². The van der Waals surface area contributed by atoms with Gasteiger partial charge in [-0.3, -0.25) is 23.5 Å². The van der Waals surface area contributed by atoms with Crippen molar-refractivity contribution < 1.29 is 4.74 Å². The summed E-state index contributed by atoms with van der Waals surface area (Å²) in [7, 11) is 3.18.